The van der Waals surface area contributed by atoms with E-state index < -0.39 is 6.36 Å². The topological polar surface area (TPSA) is 88.7 Å². The SMILES string of the molecule is [N-]=[N+]=Nc1ncn(-c2ccc(OC(F)(F)F)cc2)n1. The molecule has 0 radical (unpaired) electrons. The molecule has 98 valence electrons. The Hall–Kier alpha value is -2.74. The quantitative estimate of drug-likeness (QED) is 0.487. The van der Waals surface area contributed by atoms with Gasteiger partial charge in [-0.2, -0.15) is 0 Å². The van der Waals surface area contributed by atoms with Gasteiger partial charge in [0.2, 0.25) is 5.95 Å². The highest BCUT2D eigenvalue weighted by atomic mass is 19.4. The largest absolute Gasteiger partial charge is 0.573 e. The van der Waals surface area contributed by atoms with Crippen molar-refractivity contribution in [3.63, 3.8) is 0 Å². The minimum atomic E-state index is -4.73. The minimum Gasteiger partial charge on any atom is -0.406 e. The second-order valence-electron chi connectivity index (χ2n) is 3.22. The van der Waals surface area contributed by atoms with Crippen molar-refractivity contribution in [2.45, 2.75) is 6.36 Å². The average Bonchev–Trinajstić information content (AvgIpc) is 2.77. The fraction of sp³-hybridized carbons (Fsp3) is 0.111. The molecule has 7 nitrogen and oxygen atoms in total. The lowest BCUT2D eigenvalue weighted by molar-refractivity contribution is -0.274. The molecule has 0 fully saturated rings. The zero-order valence-corrected chi connectivity index (χ0v) is 9.11. The van der Waals surface area contributed by atoms with Crippen LogP contribution in [0, 0.1) is 0 Å². The normalized spacial score (nSPS) is 10.9. The Morgan fingerprint density at radius 2 is 1.95 bits per heavy atom. The summed E-state index contributed by atoms with van der Waals surface area (Å²) in [6.07, 6.45) is -3.47. The maximum atomic E-state index is 12.0. The molecule has 0 unspecified atom stereocenters. The maximum absolute atomic E-state index is 12.0. The van der Waals surface area contributed by atoms with Gasteiger partial charge in [-0.05, 0) is 34.9 Å². The number of ether oxygens (including phenoxy) is 1. The highest BCUT2D eigenvalue weighted by Crippen LogP contribution is 2.23. The van der Waals surface area contributed by atoms with Gasteiger partial charge in [0.25, 0.3) is 0 Å². The molecule has 0 aliphatic heterocycles. The van der Waals surface area contributed by atoms with Crippen LogP contribution in [0.5, 0.6) is 5.75 Å². The molecule has 0 N–H and O–H groups in total. The van der Waals surface area contributed by atoms with Crippen molar-refractivity contribution in [2.75, 3.05) is 0 Å². The zero-order chi connectivity index (χ0) is 13.9. The van der Waals surface area contributed by atoms with E-state index in [-0.39, 0.29) is 11.7 Å². The van der Waals surface area contributed by atoms with Gasteiger partial charge in [0, 0.05) is 4.91 Å². The number of nitrogens with zero attached hydrogens (tertiary/aromatic N) is 6. The number of aromatic nitrogens is 3. The van der Waals surface area contributed by atoms with Crippen LogP contribution in [0.25, 0.3) is 16.1 Å². The number of azide groups is 1. The van der Waals surface area contributed by atoms with Crippen LogP contribution in [0.1, 0.15) is 0 Å². The standard InChI is InChI=1S/C9H5F3N6O/c10-9(11,12)19-7-3-1-6(2-4-7)18-5-14-8(16-18)15-17-13/h1-5H. The van der Waals surface area contributed by atoms with Crippen LogP contribution in [0.15, 0.2) is 35.7 Å². The maximum Gasteiger partial charge on any atom is 0.573 e. The summed E-state index contributed by atoms with van der Waals surface area (Å²) >= 11 is 0. The van der Waals surface area contributed by atoms with E-state index >= 15 is 0 Å². The molecule has 0 atom stereocenters. The van der Waals surface area contributed by atoms with Crippen molar-refractivity contribution in [1.29, 1.82) is 0 Å². The monoisotopic (exact) mass is 270 g/mol. The Kier molecular flexibility index (Phi) is 3.25. The molecule has 0 aliphatic carbocycles. The molecule has 10 heteroatoms. The summed E-state index contributed by atoms with van der Waals surface area (Å²) in [6.45, 7) is 0. The number of hydrogen-bond donors (Lipinski definition) is 0. The van der Waals surface area contributed by atoms with E-state index in [9.17, 15) is 13.2 Å². The van der Waals surface area contributed by atoms with Gasteiger partial charge in [-0.15, -0.1) is 18.3 Å². The molecule has 0 saturated carbocycles. The highest BCUT2D eigenvalue weighted by Gasteiger charge is 2.30. The predicted octanol–water partition coefficient (Wildman–Crippen LogP) is 3.11. The summed E-state index contributed by atoms with van der Waals surface area (Å²) in [5, 5.41) is 6.98. The fourth-order valence-electron chi connectivity index (χ4n) is 1.27. The van der Waals surface area contributed by atoms with Gasteiger partial charge in [0.1, 0.15) is 12.1 Å². The van der Waals surface area contributed by atoms with Gasteiger partial charge in [0.05, 0.1) is 5.69 Å². The van der Waals surface area contributed by atoms with Gasteiger partial charge < -0.3 is 4.74 Å². The summed E-state index contributed by atoms with van der Waals surface area (Å²) < 4.78 is 40.8. The molecule has 0 bridgehead atoms. The third-order valence-corrected chi connectivity index (χ3v) is 1.95. The molecular weight excluding hydrogens is 265 g/mol. The molecule has 2 rings (SSSR count). The fourth-order valence-corrected chi connectivity index (χ4v) is 1.27. The molecule has 0 amide bonds. The molecule has 0 aliphatic rings. The smallest absolute Gasteiger partial charge is 0.406 e. The number of rotatable bonds is 3. The number of alkyl halides is 3. The van der Waals surface area contributed by atoms with E-state index in [1.54, 1.807) is 0 Å². The first kappa shape index (κ1) is 12.7. The van der Waals surface area contributed by atoms with Crippen LogP contribution >= 0.6 is 0 Å². The third-order valence-electron chi connectivity index (χ3n) is 1.95. The van der Waals surface area contributed by atoms with Crippen molar-refractivity contribution in [1.82, 2.24) is 14.8 Å². The van der Waals surface area contributed by atoms with Crippen LogP contribution in [0.3, 0.4) is 0 Å². The lowest BCUT2D eigenvalue weighted by Gasteiger charge is -2.08. The van der Waals surface area contributed by atoms with E-state index in [0.717, 1.165) is 12.1 Å². The van der Waals surface area contributed by atoms with Gasteiger partial charge in [0.15, 0.2) is 0 Å². The molecule has 2 aromatic rings. The van der Waals surface area contributed by atoms with Gasteiger partial charge in [-0.1, -0.05) is 0 Å². The Morgan fingerprint density at radius 3 is 2.53 bits per heavy atom. The summed E-state index contributed by atoms with van der Waals surface area (Å²) in [4.78, 5) is 6.19. The van der Waals surface area contributed by atoms with E-state index in [4.69, 9.17) is 5.53 Å². The minimum absolute atomic E-state index is 0.0851. The van der Waals surface area contributed by atoms with E-state index in [2.05, 4.69) is 24.8 Å². The molecule has 1 heterocycles. The summed E-state index contributed by atoms with van der Waals surface area (Å²) in [5.41, 5.74) is 8.64. The molecule has 0 spiro atoms. The predicted molar refractivity (Wildman–Crippen MR) is 56.8 cm³/mol. The van der Waals surface area contributed by atoms with Crippen LogP contribution in [0.4, 0.5) is 19.1 Å². The number of hydrogen-bond acceptors (Lipinski definition) is 4. The lowest BCUT2D eigenvalue weighted by Crippen LogP contribution is -2.17. The Bertz CT molecular complexity index is 614. The van der Waals surface area contributed by atoms with Crippen LogP contribution in [-0.2, 0) is 0 Å². The first-order valence-electron chi connectivity index (χ1n) is 4.81. The van der Waals surface area contributed by atoms with E-state index in [1.165, 1.54) is 23.1 Å². The second-order valence-corrected chi connectivity index (χ2v) is 3.22. The summed E-state index contributed by atoms with van der Waals surface area (Å²) in [6, 6.07) is 4.99. The Morgan fingerprint density at radius 1 is 1.26 bits per heavy atom. The second kappa shape index (κ2) is 4.86. The molecule has 19 heavy (non-hydrogen) atoms. The number of benzene rings is 1. The van der Waals surface area contributed by atoms with E-state index in [0.29, 0.717) is 5.69 Å². The molecule has 1 aromatic carbocycles. The van der Waals surface area contributed by atoms with Crippen LogP contribution in [-0.4, -0.2) is 21.1 Å². The Balaban J connectivity index is 2.19. The van der Waals surface area contributed by atoms with Crippen molar-refractivity contribution in [2.24, 2.45) is 5.11 Å². The van der Waals surface area contributed by atoms with Gasteiger partial charge >= 0.3 is 6.36 Å². The molecule has 1 aromatic heterocycles. The van der Waals surface area contributed by atoms with Crippen molar-refractivity contribution < 1.29 is 17.9 Å². The van der Waals surface area contributed by atoms with Crippen molar-refractivity contribution in [3.8, 4) is 11.4 Å². The molecule has 0 saturated heterocycles. The van der Waals surface area contributed by atoms with Gasteiger partial charge in [-0.25, -0.2) is 9.67 Å². The highest BCUT2D eigenvalue weighted by molar-refractivity contribution is 5.37. The van der Waals surface area contributed by atoms with Gasteiger partial charge in [-0.3, -0.25) is 0 Å². The first-order valence-corrected chi connectivity index (χ1v) is 4.81. The summed E-state index contributed by atoms with van der Waals surface area (Å²) in [7, 11) is 0. The number of halogens is 3. The van der Waals surface area contributed by atoms with Crippen molar-refractivity contribution in [3.05, 3.63) is 41.0 Å². The third kappa shape index (κ3) is 3.36. The van der Waals surface area contributed by atoms with E-state index in [1.807, 2.05) is 0 Å². The molecular formula is C9H5F3N6O. The lowest BCUT2D eigenvalue weighted by atomic mass is 10.3. The zero-order valence-electron chi connectivity index (χ0n) is 9.11. The van der Waals surface area contributed by atoms with Crippen LogP contribution < -0.4 is 4.74 Å². The first-order chi connectivity index (χ1) is 8.98. The average molecular weight is 270 g/mol. The Labute approximate surface area is 103 Å². The van der Waals surface area contributed by atoms with Crippen molar-refractivity contribution >= 4 is 5.95 Å². The van der Waals surface area contributed by atoms with Crippen LogP contribution in [0.2, 0.25) is 0 Å². The summed E-state index contributed by atoms with van der Waals surface area (Å²) in [5.74, 6) is -0.426.